The molecule has 106 valence electrons. The van der Waals surface area contributed by atoms with Crippen molar-refractivity contribution >= 4 is 5.69 Å². The van der Waals surface area contributed by atoms with Crippen LogP contribution in [0, 0.1) is 29.3 Å². The first-order valence-electron chi connectivity index (χ1n) is 6.88. The van der Waals surface area contributed by atoms with Gasteiger partial charge >= 0.3 is 0 Å². The topological polar surface area (TPSA) is 12.0 Å². The van der Waals surface area contributed by atoms with E-state index in [9.17, 15) is 13.2 Å². The van der Waals surface area contributed by atoms with E-state index < -0.39 is 17.5 Å². The fourth-order valence-corrected chi connectivity index (χ4v) is 2.85. The smallest absolute Gasteiger partial charge is 0.152 e. The van der Waals surface area contributed by atoms with Gasteiger partial charge in [0, 0.05) is 18.2 Å². The Kier molecular flexibility index (Phi) is 4.38. The molecule has 1 aromatic rings. The largest absolute Gasteiger partial charge is 0.378 e. The summed E-state index contributed by atoms with van der Waals surface area (Å²) in [4.78, 5) is 0. The molecule has 0 radical (unpaired) electrons. The van der Waals surface area contributed by atoms with Crippen LogP contribution >= 0.6 is 0 Å². The summed E-state index contributed by atoms with van der Waals surface area (Å²) in [5, 5.41) is 2.91. The second-order valence-corrected chi connectivity index (χ2v) is 5.76. The maximum atomic E-state index is 13.6. The maximum Gasteiger partial charge on any atom is 0.152 e. The van der Waals surface area contributed by atoms with Crippen molar-refractivity contribution in [3.05, 3.63) is 29.6 Å². The molecule has 1 nitrogen and oxygen atoms in total. The van der Waals surface area contributed by atoms with Gasteiger partial charge in [-0.1, -0.05) is 26.7 Å². The second-order valence-electron chi connectivity index (χ2n) is 5.76. The average molecular weight is 271 g/mol. The van der Waals surface area contributed by atoms with Gasteiger partial charge < -0.3 is 5.32 Å². The van der Waals surface area contributed by atoms with E-state index >= 15 is 0 Å². The molecular formula is C15H20F3N. The Morgan fingerprint density at radius 1 is 1.11 bits per heavy atom. The van der Waals surface area contributed by atoms with Crippen LogP contribution in [-0.4, -0.2) is 6.04 Å². The van der Waals surface area contributed by atoms with Gasteiger partial charge in [0.1, 0.15) is 11.5 Å². The van der Waals surface area contributed by atoms with E-state index in [0.717, 1.165) is 19.3 Å². The Hall–Kier alpha value is -1.19. The first kappa shape index (κ1) is 14.2. The predicted octanol–water partition coefficient (Wildman–Crippen LogP) is 4.73. The zero-order valence-corrected chi connectivity index (χ0v) is 11.3. The number of nitrogens with one attached hydrogen (secondary N) is 1. The number of benzene rings is 1. The molecule has 19 heavy (non-hydrogen) atoms. The zero-order chi connectivity index (χ0) is 14.0. The number of halogens is 3. The van der Waals surface area contributed by atoms with E-state index in [1.54, 1.807) is 0 Å². The van der Waals surface area contributed by atoms with Gasteiger partial charge in [0.15, 0.2) is 11.6 Å². The molecule has 0 aliphatic heterocycles. The standard InChI is InChI=1S/C15H20F3N/c1-9(2)10-4-3-5-12(6-10)19-15-13(17)7-11(16)8-14(15)18/h7-10,12,19H,3-6H2,1-2H3. The van der Waals surface area contributed by atoms with Gasteiger partial charge in [-0.3, -0.25) is 0 Å². The summed E-state index contributed by atoms with van der Waals surface area (Å²) in [5.74, 6) is -1.44. The molecule has 0 heterocycles. The fourth-order valence-electron chi connectivity index (χ4n) is 2.85. The van der Waals surface area contributed by atoms with E-state index in [4.69, 9.17) is 0 Å². The summed E-state index contributed by atoms with van der Waals surface area (Å²) < 4.78 is 40.0. The lowest BCUT2D eigenvalue weighted by atomic mass is 9.79. The summed E-state index contributed by atoms with van der Waals surface area (Å²) in [5.41, 5.74) is -0.198. The van der Waals surface area contributed by atoms with Crippen molar-refractivity contribution in [2.75, 3.05) is 5.32 Å². The van der Waals surface area contributed by atoms with Gasteiger partial charge in [-0.15, -0.1) is 0 Å². The molecule has 1 fully saturated rings. The van der Waals surface area contributed by atoms with Gasteiger partial charge in [-0.25, -0.2) is 13.2 Å². The van der Waals surface area contributed by atoms with E-state index in [1.807, 2.05) is 0 Å². The Morgan fingerprint density at radius 2 is 1.74 bits per heavy atom. The van der Waals surface area contributed by atoms with Gasteiger partial charge in [0.2, 0.25) is 0 Å². The molecular weight excluding hydrogens is 251 g/mol. The van der Waals surface area contributed by atoms with Gasteiger partial charge in [-0.05, 0) is 24.7 Å². The van der Waals surface area contributed by atoms with Crippen LogP contribution in [-0.2, 0) is 0 Å². The molecule has 1 saturated carbocycles. The van der Waals surface area contributed by atoms with Crippen LogP contribution < -0.4 is 5.32 Å². The minimum atomic E-state index is -0.885. The van der Waals surface area contributed by atoms with E-state index in [2.05, 4.69) is 19.2 Å². The van der Waals surface area contributed by atoms with Gasteiger partial charge in [0.25, 0.3) is 0 Å². The zero-order valence-electron chi connectivity index (χ0n) is 11.3. The second kappa shape index (κ2) is 5.85. The molecule has 0 amide bonds. The van der Waals surface area contributed by atoms with E-state index in [1.165, 1.54) is 6.42 Å². The van der Waals surface area contributed by atoms with Crippen LogP contribution in [0.15, 0.2) is 12.1 Å². The van der Waals surface area contributed by atoms with Crippen LogP contribution in [0.25, 0.3) is 0 Å². The van der Waals surface area contributed by atoms with Crippen molar-refractivity contribution < 1.29 is 13.2 Å². The summed E-state index contributed by atoms with van der Waals surface area (Å²) >= 11 is 0. The lowest BCUT2D eigenvalue weighted by molar-refractivity contribution is 0.263. The minimum Gasteiger partial charge on any atom is -0.378 e. The molecule has 4 heteroatoms. The maximum absolute atomic E-state index is 13.6. The number of hydrogen-bond donors (Lipinski definition) is 1. The van der Waals surface area contributed by atoms with Gasteiger partial charge in [-0.2, -0.15) is 0 Å². The first-order valence-corrected chi connectivity index (χ1v) is 6.88. The molecule has 0 aromatic heterocycles. The molecule has 0 spiro atoms. The van der Waals surface area contributed by atoms with Crippen molar-refractivity contribution in [3.63, 3.8) is 0 Å². The fraction of sp³-hybridized carbons (Fsp3) is 0.600. The number of anilines is 1. The minimum absolute atomic E-state index is 0.0654. The molecule has 2 atom stereocenters. The first-order chi connectivity index (χ1) is 8.97. The highest BCUT2D eigenvalue weighted by atomic mass is 19.1. The lowest BCUT2D eigenvalue weighted by Crippen LogP contribution is -2.30. The van der Waals surface area contributed by atoms with Crippen molar-refractivity contribution in [3.8, 4) is 0 Å². The molecule has 1 aliphatic rings. The highest BCUT2D eigenvalue weighted by molar-refractivity contribution is 5.47. The average Bonchev–Trinajstić information content (AvgIpc) is 2.34. The van der Waals surface area contributed by atoms with E-state index in [-0.39, 0.29) is 11.7 Å². The highest BCUT2D eigenvalue weighted by Gasteiger charge is 2.25. The van der Waals surface area contributed by atoms with Crippen LogP contribution in [0.3, 0.4) is 0 Å². The van der Waals surface area contributed by atoms with Crippen LogP contribution in [0.5, 0.6) is 0 Å². The Labute approximate surface area is 112 Å². The summed E-state index contributed by atoms with van der Waals surface area (Å²) in [6.07, 6.45) is 4.04. The molecule has 1 aromatic carbocycles. The summed E-state index contributed by atoms with van der Waals surface area (Å²) in [7, 11) is 0. The molecule has 1 aliphatic carbocycles. The third-order valence-electron chi connectivity index (χ3n) is 4.01. The van der Waals surface area contributed by atoms with Gasteiger partial charge in [0.05, 0.1) is 0 Å². The third kappa shape index (κ3) is 3.43. The quantitative estimate of drug-likeness (QED) is 0.838. The van der Waals surface area contributed by atoms with Crippen molar-refractivity contribution in [2.24, 2.45) is 11.8 Å². The highest BCUT2D eigenvalue weighted by Crippen LogP contribution is 2.32. The Balaban J connectivity index is 2.09. The summed E-state index contributed by atoms with van der Waals surface area (Å²) in [6.45, 7) is 4.35. The lowest BCUT2D eigenvalue weighted by Gasteiger charge is -2.32. The molecule has 2 rings (SSSR count). The van der Waals surface area contributed by atoms with Crippen LogP contribution in [0.1, 0.15) is 39.5 Å². The molecule has 0 bridgehead atoms. The third-order valence-corrected chi connectivity index (χ3v) is 4.01. The molecule has 1 N–H and O–H groups in total. The molecule has 2 unspecified atom stereocenters. The summed E-state index contributed by atoms with van der Waals surface area (Å²) in [6, 6.07) is 1.50. The number of hydrogen-bond acceptors (Lipinski definition) is 1. The van der Waals surface area contributed by atoms with Crippen LogP contribution in [0.4, 0.5) is 18.9 Å². The van der Waals surface area contributed by atoms with E-state index in [0.29, 0.717) is 24.0 Å². The normalized spacial score (nSPS) is 23.7. The van der Waals surface area contributed by atoms with Crippen molar-refractivity contribution in [1.82, 2.24) is 0 Å². The van der Waals surface area contributed by atoms with Crippen molar-refractivity contribution in [1.29, 1.82) is 0 Å². The van der Waals surface area contributed by atoms with Crippen LogP contribution in [0.2, 0.25) is 0 Å². The van der Waals surface area contributed by atoms with Crippen molar-refractivity contribution in [2.45, 2.75) is 45.6 Å². The Bertz CT molecular complexity index is 422. The monoisotopic (exact) mass is 271 g/mol. The predicted molar refractivity (Wildman–Crippen MR) is 70.5 cm³/mol. The Morgan fingerprint density at radius 3 is 2.32 bits per heavy atom. The SMILES string of the molecule is CC(C)C1CCCC(Nc2c(F)cc(F)cc2F)C1. The molecule has 0 saturated heterocycles. The number of rotatable bonds is 3.